The molecule has 5 heteroatoms. The molecule has 0 heterocycles. The molecule has 0 aliphatic heterocycles. The summed E-state index contributed by atoms with van der Waals surface area (Å²) in [5.74, 6) is -0.553. The highest BCUT2D eigenvalue weighted by Gasteiger charge is 2.12. The summed E-state index contributed by atoms with van der Waals surface area (Å²) in [5.41, 5.74) is 3.51. The van der Waals surface area contributed by atoms with Gasteiger partial charge in [0, 0.05) is 17.7 Å². The van der Waals surface area contributed by atoms with Crippen LogP contribution in [0.25, 0.3) is 0 Å². The SMILES string of the molecule is Cc1ccccc1CNC(=O)c1cccc(C(=O)Nc2ccccc2Cl)c1. The molecule has 3 rings (SSSR count). The van der Waals surface area contributed by atoms with Gasteiger partial charge in [-0.1, -0.05) is 54.1 Å². The van der Waals surface area contributed by atoms with E-state index in [4.69, 9.17) is 11.6 Å². The number of carbonyl (C=O) groups excluding carboxylic acids is 2. The lowest BCUT2D eigenvalue weighted by atomic mass is 10.1. The molecule has 0 radical (unpaired) electrons. The van der Waals surface area contributed by atoms with Crippen molar-refractivity contribution in [2.45, 2.75) is 13.5 Å². The van der Waals surface area contributed by atoms with Crippen LogP contribution in [0.3, 0.4) is 0 Å². The highest BCUT2D eigenvalue weighted by atomic mass is 35.5. The maximum Gasteiger partial charge on any atom is 0.255 e. The van der Waals surface area contributed by atoms with E-state index in [0.717, 1.165) is 11.1 Å². The highest BCUT2D eigenvalue weighted by molar-refractivity contribution is 6.33. The Morgan fingerprint density at radius 2 is 1.52 bits per heavy atom. The lowest BCUT2D eigenvalue weighted by Crippen LogP contribution is -2.23. The van der Waals surface area contributed by atoms with Gasteiger partial charge in [-0.2, -0.15) is 0 Å². The maximum atomic E-state index is 12.5. The molecule has 136 valence electrons. The molecule has 0 spiro atoms. The highest BCUT2D eigenvalue weighted by Crippen LogP contribution is 2.21. The molecule has 0 fully saturated rings. The van der Waals surface area contributed by atoms with Gasteiger partial charge in [0.1, 0.15) is 0 Å². The standard InChI is InChI=1S/C22H19ClN2O2/c1-15-7-2-3-8-18(15)14-24-21(26)16-9-6-10-17(13-16)22(27)25-20-12-5-4-11-19(20)23/h2-13H,14H2,1H3,(H,24,26)(H,25,27). The van der Waals surface area contributed by atoms with Crippen molar-refractivity contribution in [3.8, 4) is 0 Å². The molecule has 0 saturated carbocycles. The van der Waals surface area contributed by atoms with E-state index in [1.54, 1.807) is 48.5 Å². The van der Waals surface area contributed by atoms with Crippen LogP contribution in [0.1, 0.15) is 31.8 Å². The van der Waals surface area contributed by atoms with Crippen LogP contribution in [0.15, 0.2) is 72.8 Å². The topological polar surface area (TPSA) is 58.2 Å². The smallest absolute Gasteiger partial charge is 0.255 e. The average Bonchev–Trinajstić information content (AvgIpc) is 2.69. The predicted molar refractivity (Wildman–Crippen MR) is 108 cm³/mol. The molecule has 0 bridgehead atoms. The maximum absolute atomic E-state index is 12.5. The van der Waals surface area contributed by atoms with Gasteiger partial charge in [0.15, 0.2) is 0 Å². The fourth-order valence-corrected chi connectivity index (χ4v) is 2.83. The summed E-state index contributed by atoms with van der Waals surface area (Å²) in [6, 6.07) is 21.5. The van der Waals surface area contributed by atoms with E-state index < -0.39 is 0 Å². The van der Waals surface area contributed by atoms with Crippen LogP contribution in [-0.2, 0) is 6.54 Å². The second kappa shape index (κ2) is 8.52. The van der Waals surface area contributed by atoms with Crippen molar-refractivity contribution in [1.82, 2.24) is 5.32 Å². The molecule has 2 N–H and O–H groups in total. The third kappa shape index (κ3) is 4.74. The van der Waals surface area contributed by atoms with Crippen molar-refractivity contribution in [1.29, 1.82) is 0 Å². The van der Waals surface area contributed by atoms with E-state index in [-0.39, 0.29) is 11.8 Å². The van der Waals surface area contributed by atoms with Gasteiger partial charge in [0.25, 0.3) is 11.8 Å². The van der Waals surface area contributed by atoms with Gasteiger partial charge in [-0.05, 0) is 48.4 Å². The molecule has 4 nitrogen and oxygen atoms in total. The Morgan fingerprint density at radius 1 is 0.852 bits per heavy atom. The van der Waals surface area contributed by atoms with E-state index in [1.165, 1.54) is 0 Å². The zero-order valence-corrected chi connectivity index (χ0v) is 15.6. The Labute approximate surface area is 163 Å². The van der Waals surface area contributed by atoms with Gasteiger partial charge in [0.05, 0.1) is 10.7 Å². The van der Waals surface area contributed by atoms with Gasteiger partial charge in [-0.15, -0.1) is 0 Å². The number of rotatable bonds is 5. The number of hydrogen-bond acceptors (Lipinski definition) is 2. The largest absolute Gasteiger partial charge is 0.348 e. The Hall–Kier alpha value is -3.11. The van der Waals surface area contributed by atoms with E-state index >= 15 is 0 Å². The second-order valence-corrected chi connectivity index (χ2v) is 6.53. The minimum absolute atomic E-state index is 0.231. The van der Waals surface area contributed by atoms with Crippen LogP contribution < -0.4 is 10.6 Å². The van der Waals surface area contributed by atoms with Crippen molar-refractivity contribution < 1.29 is 9.59 Å². The Kier molecular flexibility index (Phi) is 5.89. The lowest BCUT2D eigenvalue weighted by molar-refractivity contribution is 0.0951. The molecule has 27 heavy (non-hydrogen) atoms. The third-order valence-corrected chi connectivity index (χ3v) is 4.54. The number of aryl methyl sites for hydroxylation is 1. The summed E-state index contributed by atoms with van der Waals surface area (Å²) in [5, 5.41) is 6.10. The molecule has 2 amide bonds. The van der Waals surface area contributed by atoms with Crippen molar-refractivity contribution >= 4 is 29.1 Å². The number of hydrogen-bond donors (Lipinski definition) is 2. The van der Waals surface area contributed by atoms with Crippen LogP contribution in [0.2, 0.25) is 5.02 Å². The predicted octanol–water partition coefficient (Wildman–Crippen LogP) is 4.83. The number of amides is 2. The first-order valence-corrected chi connectivity index (χ1v) is 8.91. The zero-order valence-electron chi connectivity index (χ0n) is 14.8. The number of halogens is 1. The van der Waals surface area contributed by atoms with Crippen LogP contribution >= 0.6 is 11.6 Å². The summed E-state index contributed by atoms with van der Waals surface area (Å²) < 4.78 is 0. The van der Waals surface area contributed by atoms with Crippen molar-refractivity contribution in [2.75, 3.05) is 5.32 Å². The summed E-state index contributed by atoms with van der Waals surface area (Å²) in [4.78, 5) is 24.9. The summed E-state index contributed by atoms with van der Waals surface area (Å²) >= 11 is 6.07. The summed E-state index contributed by atoms with van der Waals surface area (Å²) in [7, 11) is 0. The number of para-hydroxylation sites is 1. The van der Waals surface area contributed by atoms with Crippen molar-refractivity contribution in [3.05, 3.63) is 100 Å². The molecule has 0 saturated heterocycles. The molecule has 0 aromatic heterocycles. The number of benzene rings is 3. The van der Waals surface area contributed by atoms with Crippen LogP contribution in [0.5, 0.6) is 0 Å². The van der Waals surface area contributed by atoms with Gasteiger partial charge in [-0.3, -0.25) is 9.59 Å². The molecule has 0 atom stereocenters. The molecule has 0 aliphatic carbocycles. The Balaban J connectivity index is 1.69. The van der Waals surface area contributed by atoms with E-state index in [9.17, 15) is 9.59 Å². The minimum Gasteiger partial charge on any atom is -0.348 e. The van der Waals surface area contributed by atoms with E-state index in [1.807, 2.05) is 31.2 Å². The van der Waals surface area contributed by atoms with Crippen LogP contribution in [-0.4, -0.2) is 11.8 Å². The van der Waals surface area contributed by atoms with Crippen LogP contribution in [0.4, 0.5) is 5.69 Å². The normalized spacial score (nSPS) is 10.3. The number of nitrogens with one attached hydrogen (secondary N) is 2. The summed E-state index contributed by atoms with van der Waals surface area (Å²) in [6.07, 6.45) is 0. The Bertz CT molecular complexity index is 985. The third-order valence-electron chi connectivity index (χ3n) is 4.21. The fourth-order valence-electron chi connectivity index (χ4n) is 2.64. The summed E-state index contributed by atoms with van der Waals surface area (Å²) in [6.45, 7) is 2.43. The number of anilines is 1. The van der Waals surface area contributed by atoms with Crippen molar-refractivity contribution in [2.24, 2.45) is 0 Å². The molecule has 0 aliphatic rings. The van der Waals surface area contributed by atoms with Crippen LogP contribution in [0, 0.1) is 6.92 Å². The quantitative estimate of drug-likeness (QED) is 0.668. The Morgan fingerprint density at radius 3 is 2.26 bits per heavy atom. The van der Waals surface area contributed by atoms with E-state index in [2.05, 4.69) is 10.6 Å². The second-order valence-electron chi connectivity index (χ2n) is 6.12. The first-order valence-electron chi connectivity index (χ1n) is 8.53. The molecular weight excluding hydrogens is 360 g/mol. The zero-order chi connectivity index (χ0) is 19.2. The molecule has 3 aromatic rings. The number of carbonyl (C=O) groups is 2. The van der Waals surface area contributed by atoms with Gasteiger partial charge >= 0.3 is 0 Å². The first-order chi connectivity index (χ1) is 13.0. The molecule has 0 unspecified atom stereocenters. The fraction of sp³-hybridized carbons (Fsp3) is 0.0909. The minimum atomic E-state index is -0.323. The van der Waals surface area contributed by atoms with Gasteiger partial charge in [-0.25, -0.2) is 0 Å². The monoisotopic (exact) mass is 378 g/mol. The molecular formula is C22H19ClN2O2. The average molecular weight is 379 g/mol. The lowest BCUT2D eigenvalue weighted by Gasteiger charge is -2.10. The molecule has 3 aromatic carbocycles. The van der Waals surface area contributed by atoms with E-state index in [0.29, 0.717) is 28.4 Å². The van der Waals surface area contributed by atoms with Crippen molar-refractivity contribution in [3.63, 3.8) is 0 Å². The first kappa shape index (κ1) is 18.7. The van der Waals surface area contributed by atoms with Gasteiger partial charge < -0.3 is 10.6 Å². The van der Waals surface area contributed by atoms with Gasteiger partial charge in [0.2, 0.25) is 0 Å².